The van der Waals surface area contributed by atoms with Crippen molar-refractivity contribution in [2.45, 2.75) is 44.8 Å². The van der Waals surface area contributed by atoms with Crippen molar-refractivity contribution < 1.29 is 9.13 Å². The van der Waals surface area contributed by atoms with E-state index in [4.69, 9.17) is 10.5 Å². The zero-order chi connectivity index (χ0) is 14.6. The largest absolute Gasteiger partial charge is 0.378 e. The molecule has 0 amide bonds. The van der Waals surface area contributed by atoms with Crippen LogP contribution in [0.2, 0.25) is 0 Å². The molecule has 4 heteroatoms. The number of hydrogen-bond acceptors (Lipinski definition) is 3. The summed E-state index contributed by atoms with van der Waals surface area (Å²) in [5, 5.41) is 0. The Morgan fingerprint density at radius 1 is 1.45 bits per heavy atom. The molecule has 1 aliphatic rings. The van der Waals surface area contributed by atoms with E-state index in [0.29, 0.717) is 6.54 Å². The molecule has 2 rings (SSSR count). The summed E-state index contributed by atoms with van der Waals surface area (Å²) >= 11 is 0. The van der Waals surface area contributed by atoms with Crippen molar-refractivity contribution >= 4 is 5.69 Å². The van der Waals surface area contributed by atoms with Crippen LogP contribution < -0.4 is 10.6 Å². The summed E-state index contributed by atoms with van der Waals surface area (Å²) < 4.78 is 19.3. The molecule has 0 saturated carbocycles. The van der Waals surface area contributed by atoms with E-state index in [1.807, 2.05) is 6.07 Å². The maximum atomic E-state index is 13.5. The van der Waals surface area contributed by atoms with Gasteiger partial charge in [0.2, 0.25) is 0 Å². The summed E-state index contributed by atoms with van der Waals surface area (Å²) in [5.41, 5.74) is 6.90. The lowest BCUT2D eigenvalue weighted by Crippen LogP contribution is -2.59. The summed E-state index contributed by atoms with van der Waals surface area (Å²) in [6.07, 6.45) is 3.03. The molecule has 1 fully saturated rings. The highest BCUT2D eigenvalue weighted by molar-refractivity contribution is 5.49. The fourth-order valence-corrected chi connectivity index (χ4v) is 3.24. The van der Waals surface area contributed by atoms with E-state index in [9.17, 15) is 4.39 Å². The van der Waals surface area contributed by atoms with Gasteiger partial charge in [-0.15, -0.1) is 0 Å². The number of hydrogen-bond donors (Lipinski definition) is 1. The minimum absolute atomic E-state index is 0.124. The van der Waals surface area contributed by atoms with Gasteiger partial charge in [0.05, 0.1) is 11.6 Å². The molecule has 1 aromatic carbocycles. The molecule has 20 heavy (non-hydrogen) atoms. The Morgan fingerprint density at radius 3 is 2.85 bits per heavy atom. The maximum absolute atomic E-state index is 13.5. The van der Waals surface area contributed by atoms with Crippen LogP contribution in [0.4, 0.5) is 10.1 Å². The van der Waals surface area contributed by atoms with Gasteiger partial charge in [-0.05, 0) is 44.4 Å². The lowest BCUT2D eigenvalue weighted by Gasteiger charge is -2.49. The van der Waals surface area contributed by atoms with Gasteiger partial charge in [-0.1, -0.05) is 13.0 Å². The zero-order valence-electron chi connectivity index (χ0n) is 12.4. The van der Waals surface area contributed by atoms with Crippen LogP contribution in [0, 0.1) is 5.82 Å². The fourth-order valence-electron chi connectivity index (χ4n) is 3.24. The highest BCUT2D eigenvalue weighted by atomic mass is 19.1. The molecule has 0 aromatic heterocycles. The Balaban J connectivity index is 2.31. The lowest BCUT2D eigenvalue weighted by molar-refractivity contribution is -0.0197. The summed E-state index contributed by atoms with van der Waals surface area (Å²) in [6.45, 7) is 6.34. The SMILES string of the molecule is CCC1CC(CN)(N(CC)c2cccc(F)c2)CCO1. The Morgan fingerprint density at radius 2 is 2.25 bits per heavy atom. The molecule has 2 atom stereocenters. The number of nitrogens with zero attached hydrogens (tertiary/aromatic N) is 1. The summed E-state index contributed by atoms with van der Waals surface area (Å²) in [4.78, 5) is 2.25. The van der Waals surface area contributed by atoms with Crippen LogP contribution in [0.1, 0.15) is 33.1 Å². The first-order valence-electron chi connectivity index (χ1n) is 7.50. The molecule has 1 saturated heterocycles. The molecule has 112 valence electrons. The van der Waals surface area contributed by atoms with E-state index in [0.717, 1.165) is 38.1 Å². The predicted molar refractivity (Wildman–Crippen MR) is 80.5 cm³/mol. The first kappa shape index (κ1) is 15.3. The molecule has 2 unspecified atom stereocenters. The third kappa shape index (κ3) is 2.96. The van der Waals surface area contributed by atoms with Gasteiger partial charge in [-0.3, -0.25) is 0 Å². The van der Waals surface area contributed by atoms with Gasteiger partial charge in [0.25, 0.3) is 0 Å². The highest BCUT2D eigenvalue weighted by Gasteiger charge is 2.40. The Bertz CT molecular complexity index is 440. The van der Waals surface area contributed by atoms with Crippen molar-refractivity contribution in [2.24, 2.45) is 5.73 Å². The molecule has 2 N–H and O–H groups in total. The lowest BCUT2D eigenvalue weighted by atomic mass is 9.83. The summed E-state index contributed by atoms with van der Waals surface area (Å²) in [7, 11) is 0. The Hall–Kier alpha value is -1.13. The van der Waals surface area contributed by atoms with Crippen molar-refractivity contribution in [1.29, 1.82) is 0 Å². The van der Waals surface area contributed by atoms with Gasteiger partial charge in [0.15, 0.2) is 0 Å². The second-order valence-electron chi connectivity index (χ2n) is 5.51. The minimum atomic E-state index is -0.202. The van der Waals surface area contributed by atoms with Gasteiger partial charge < -0.3 is 15.4 Å². The quantitative estimate of drug-likeness (QED) is 0.901. The van der Waals surface area contributed by atoms with Gasteiger partial charge >= 0.3 is 0 Å². The minimum Gasteiger partial charge on any atom is -0.378 e. The van der Waals surface area contributed by atoms with E-state index in [-0.39, 0.29) is 17.5 Å². The summed E-state index contributed by atoms with van der Waals surface area (Å²) in [6, 6.07) is 6.79. The second kappa shape index (κ2) is 6.55. The van der Waals surface area contributed by atoms with Crippen molar-refractivity contribution in [3.63, 3.8) is 0 Å². The number of ether oxygens (including phenoxy) is 1. The van der Waals surface area contributed by atoms with Crippen molar-refractivity contribution in [1.82, 2.24) is 0 Å². The smallest absolute Gasteiger partial charge is 0.125 e. The fraction of sp³-hybridized carbons (Fsp3) is 0.625. The van der Waals surface area contributed by atoms with Crippen LogP contribution >= 0.6 is 0 Å². The number of halogens is 1. The highest BCUT2D eigenvalue weighted by Crippen LogP contribution is 2.35. The number of rotatable bonds is 5. The third-order valence-corrected chi connectivity index (χ3v) is 4.37. The van der Waals surface area contributed by atoms with E-state index in [2.05, 4.69) is 18.7 Å². The van der Waals surface area contributed by atoms with Gasteiger partial charge in [0.1, 0.15) is 5.82 Å². The molecule has 1 aliphatic heterocycles. The number of anilines is 1. The molecule has 3 nitrogen and oxygen atoms in total. The van der Waals surface area contributed by atoms with Gasteiger partial charge in [-0.2, -0.15) is 0 Å². The number of benzene rings is 1. The van der Waals surface area contributed by atoms with E-state index in [1.54, 1.807) is 12.1 Å². The van der Waals surface area contributed by atoms with Crippen LogP contribution in [0.3, 0.4) is 0 Å². The van der Waals surface area contributed by atoms with E-state index in [1.165, 1.54) is 6.07 Å². The van der Waals surface area contributed by atoms with Crippen LogP contribution in [0.5, 0.6) is 0 Å². The van der Waals surface area contributed by atoms with Gasteiger partial charge in [-0.25, -0.2) is 4.39 Å². The Kier molecular flexibility index (Phi) is 5.00. The Labute approximate surface area is 120 Å². The van der Waals surface area contributed by atoms with Crippen LogP contribution in [-0.4, -0.2) is 31.3 Å². The normalized spacial score (nSPS) is 26.5. The first-order chi connectivity index (χ1) is 9.65. The van der Waals surface area contributed by atoms with Crippen molar-refractivity contribution in [3.05, 3.63) is 30.1 Å². The third-order valence-electron chi connectivity index (χ3n) is 4.37. The molecule has 1 heterocycles. The molecule has 1 aromatic rings. The average molecular weight is 280 g/mol. The second-order valence-corrected chi connectivity index (χ2v) is 5.51. The molecular weight excluding hydrogens is 255 g/mol. The molecule has 0 aliphatic carbocycles. The first-order valence-corrected chi connectivity index (χ1v) is 7.50. The maximum Gasteiger partial charge on any atom is 0.125 e. The molecular formula is C16H25FN2O. The van der Waals surface area contributed by atoms with Crippen molar-refractivity contribution in [2.75, 3.05) is 24.6 Å². The standard InChI is InChI=1S/C16H25FN2O/c1-3-15-11-16(12-18,8-9-20-15)19(4-2)14-7-5-6-13(17)10-14/h5-7,10,15H,3-4,8-9,11-12,18H2,1-2H3. The molecule has 0 bridgehead atoms. The van der Waals surface area contributed by atoms with E-state index < -0.39 is 0 Å². The number of nitrogens with two attached hydrogens (primary N) is 1. The average Bonchev–Trinajstić information content (AvgIpc) is 2.48. The zero-order valence-corrected chi connectivity index (χ0v) is 12.4. The monoisotopic (exact) mass is 280 g/mol. The van der Waals surface area contributed by atoms with Crippen LogP contribution in [-0.2, 0) is 4.74 Å². The van der Waals surface area contributed by atoms with E-state index >= 15 is 0 Å². The van der Waals surface area contributed by atoms with Gasteiger partial charge in [0, 0.05) is 25.4 Å². The van der Waals surface area contributed by atoms with Crippen LogP contribution in [0.25, 0.3) is 0 Å². The summed E-state index contributed by atoms with van der Waals surface area (Å²) in [5.74, 6) is -0.202. The molecule has 0 radical (unpaired) electrons. The topological polar surface area (TPSA) is 38.5 Å². The van der Waals surface area contributed by atoms with Crippen molar-refractivity contribution in [3.8, 4) is 0 Å². The van der Waals surface area contributed by atoms with Crippen LogP contribution in [0.15, 0.2) is 24.3 Å². The number of likely N-dealkylation sites (N-methyl/N-ethyl adjacent to an activating group) is 1. The predicted octanol–water partition coefficient (Wildman–Crippen LogP) is 2.94. The molecule has 0 spiro atoms.